The van der Waals surface area contributed by atoms with Gasteiger partial charge in [0.2, 0.25) is 0 Å². The lowest BCUT2D eigenvalue weighted by atomic mass is 9.97. The molecule has 1 rings (SSSR count). The second kappa shape index (κ2) is 6.46. The summed E-state index contributed by atoms with van der Waals surface area (Å²) in [6, 6.07) is 0. The maximum absolute atomic E-state index is 9.48. The summed E-state index contributed by atoms with van der Waals surface area (Å²) in [4.78, 5) is 0. The average molecular weight is 215 g/mol. The summed E-state index contributed by atoms with van der Waals surface area (Å²) in [5.74, 6) is 0.792. The fraction of sp³-hybridized carbons (Fsp3) is 1.00. The molecule has 1 saturated heterocycles. The Morgan fingerprint density at radius 3 is 2.80 bits per heavy atom. The van der Waals surface area contributed by atoms with E-state index in [1.165, 1.54) is 19.4 Å². The van der Waals surface area contributed by atoms with Gasteiger partial charge in [0.15, 0.2) is 0 Å². The van der Waals surface area contributed by atoms with Crippen molar-refractivity contribution >= 4 is 0 Å². The monoisotopic (exact) mass is 215 g/mol. The van der Waals surface area contributed by atoms with Crippen LogP contribution in [0.25, 0.3) is 0 Å². The first kappa shape index (κ1) is 12.9. The molecule has 0 bridgehead atoms. The Labute approximate surface area is 93.2 Å². The molecule has 0 aromatic rings. The quantitative estimate of drug-likeness (QED) is 0.661. The molecule has 3 heteroatoms. The highest BCUT2D eigenvalue weighted by atomic mass is 16.5. The summed E-state index contributed by atoms with van der Waals surface area (Å²) < 4.78 is 5.52. The van der Waals surface area contributed by atoms with Gasteiger partial charge in [-0.15, -0.1) is 0 Å². The Kier molecular flexibility index (Phi) is 5.58. The predicted molar refractivity (Wildman–Crippen MR) is 61.9 cm³/mol. The van der Waals surface area contributed by atoms with E-state index in [9.17, 15) is 5.11 Å². The van der Waals surface area contributed by atoms with Gasteiger partial charge in [0.05, 0.1) is 5.60 Å². The standard InChI is InChI=1S/C12H25NO2/c1-12(2,14)6-9-15-8-5-11-4-3-7-13-10-11/h11,13-14H,3-10H2,1-2H3. The molecule has 0 aromatic heterocycles. The molecule has 0 aliphatic carbocycles. The van der Waals surface area contributed by atoms with Crippen molar-refractivity contribution in [2.24, 2.45) is 5.92 Å². The van der Waals surface area contributed by atoms with E-state index in [-0.39, 0.29) is 0 Å². The Hall–Kier alpha value is -0.120. The zero-order valence-corrected chi connectivity index (χ0v) is 10.1. The van der Waals surface area contributed by atoms with Crippen LogP contribution < -0.4 is 5.32 Å². The second-order valence-corrected chi connectivity index (χ2v) is 5.18. The molecule has 1 aliphatic heterocycles. The maximum Gasteiger partial charge on any atom is 0.0613 e. The SMILES string of the molecule is CC(C)(O)CCOCCC1CCCNC1. The molecule has 0 aromatic carbocycles. The molecule has 0 saturated carbocycles. The van der Waals surface area contributed by atoms with E-state index in [0.29, 0.717) is 6.61 Å². The second-order valence-electron chi connectivity index (χ2n) is 5.18. The Bertz CT molecular complexity index is 159. The fourth-order valence-electron chi connectivity index (χ4n) is 1.84. The van der Waals surface area contributed by atoms with Crippen molar-refractivity contribution in [2.45, 2.75) is 45.1 Å². The van der Waals surface area contributed by atoms with E-state index < -0.39 is 5.60 Å². The van der Waals surface area contributed by atoms with Crippen molar-refractivity contribution in [3.8, 4) is 0 Å². The van der Waals surface area contributed by atoms with Crippen LogP contribution in [0, 0.1) is 5.92 Å². The molecule has 1 unspecified atom stereocenters. The smallest absolute Gasteiger partial charge is 0.0613 e. The van der Waals surface area contributed by atoms with Crippen molar-refractivity contribution in [3.63, 3.8) is 0 Å². The van der Waals surface area contributed by atoms with Crippen molar-refractivity contribution in [1.82, 2.24) is 5.32 Å². The van der Waals surface area contributed by atoms with Crippen molar-refractivity contribution in [3.05, 3.63) is 0 Å². The molecule has 1 aliphatic rings. The van der Waals surface area contributed by atoms with E-state index in [4.69, 9.17) is 4.74 Å². The summed E-state index contributed by atoms with van der Waals surface area (Å²) in [7, 11) is 0. The third-order valence-electron chi connectivity index (χ3n) is 2.93. The highest BCUT2D eigenvalue weighted by molar-refractivity contribution is 4.68. The minimum absolute atomic E-state index is 0.591. The van der Waals surface area contributed by atoms with E-state index >= 15 is 0 Å². The molecule has 3 nitrogen and oxygen atoms in total. The maximum atomic E-state index is 9.48. The molecule has 1 atom stereocenters. The van der Waals surface area contributed by atoms with Crippen molar-refractivity contribution < 1.29 is 9.84 Å². The number of nitrogens with one attached hydrogen (secondary N) is 1. The Morgan fingerprint density at radius 2 is 2.20 bits per heavy atom. The van der Waals surface area contributed by atoms with Crippen LogP contribution in [-0.4, -0.2) is 37.0 Å². The lowest BCUT2D eigenvalue weighted by Gasteiger charge is -2.23. The van der Waals surface area contributed by atoms with Gasteiger partial charge in [0.1, 0.15) is 0 Å². The number of hydrogen-bond donors (Lipinski definition) is 2. The lowest BCUT2D eigenvalue weighted by molar-refractivity contribution is 0.0250. The van der Waals surface area contributed by atoms with Crippen LogP contribution >= 0.6 is 0 Å². The van der Waals surface area contributed by atoms with E-state index in [0.717, 1.165) is 31.9 Å². The van der Waals surface area contributed by atoms with Gasteiger partial charge in [-0.05, 0) is 58.5 Å². The largest absolute Gasteiger partial charge is 0.390 e. The number of aliphatic hydroxyl groups is 1. The van der Waals surface area contributed by atoms with Gasteiger partial charge in [-0.2, -0.15) is 0 Å². The zero-order chi connectivity index (χ0) is 11.1. The fourth-order valence-corrected chi connectivity index (χ4v) is 1.84. The normalized spacial score (nSPS) is 23.0. The first-order chi connectivity index (χ1) is 7.08. The van der Waals surface area contributed by atoms with Gasteiger partial charge >= 0.3 is 0 Å². The van der Waals surface area contributed by atoms with Crippen molar-refractivity contribution in [2.75, 3.05) is 26.3 Å². The van der Waals surface area contributed by atoms with E-state index in [1.54, 1.807) is 0 Å². The van der Waals surface area contributed by atoms with Gasteiger partial charge in [-0.1, -0.05) is 0 Å². The van der Waals surface area contributed by atoms with Gasteiger partial charge in [-0.25, -0.2) is 0 Å². The summed E-state index contributed by atoms with van der Waals surface area (Å²) in [5, 5.41) is 12.9. The van der Waals surface area contributed by atoms with Gasteiger partial charge in [-0.3, -0.25) is 0 Å². The third kappa shape index (κ3) is 6.88. The van der Waals surface area contributed by atoms with E-state index in [2.05, 4.69) is 5.32 Å². The Balaban J connectivity index is 1.92. The first-order valence-corrected chi connectivity index (χ1v) is 6.09. The van der Waals surface area contributed by atoms with Crippen LogP contribution in [0.2, 0.25) is 0 Å². The molecular weight excluding hydrogens is 190 g/mol. The van der Waals surface area contributed by atoms with Crippen LogP contribution in [0.15, 0.2) is 0 Å². The summed E-state index contributed by atoms with van der Waals surface area (Å²) in [6.07, 6.45) is 4.50. The zero-order valence-electron chi connectivity index (χ0n) is 10.1. The van der Waals surface area contributed by atoms with Crippen LogP contribution in [0.5, 0.6) is 0 Å². The van der Waals surface area contributed by atoms with Crippen molar-refractivity contribution in [1.29, 1.82) is 0 Å². The van der Waals surface area contributed by atoms with Crippen LogP contribution in [-0.2, 0) is 4.74 Å². The number of rotatable bonds is 6. The predicted octanol–water partition coefficient (Wildman–Crippen LogP) is 1.55. The topological polar surface area (TPSA) is 41.5 Å². The molecule has 0 spiro atoms. The average Bonchev–Trinajstić information content (AvgIpc) is 2.17. The Morgan fingerprint density at radius 1 is 1.40 bits per heavy atom. The number of piperidine rings is 1. The summed E-state index contributed by atoms with van der Waals surface area (Å²) >= 11 is 0. The number of ether oxygens (including phenoxy) is 1. The van der Waals surface area contributed by atoms with E-state index in [1.807, 2.05) is 13.8 Å². The first-order valence-electron chi connectivity index (χ1n) is 6.09. The summed E-state index contributed by atoms with van der Waals surface area (Å²) in [5.41, 5.74) is -0.591. The molecule has 90 valence electrons. The van der Waals surface area contributed by atoms with Crippen LogP contribution in [0.1, 0.15) is 39.5 Å². The third-order valence-corrected chi connectivity index (χ3v) is 2.93. The molecule has 1 heterocycles. The molecule has 2 N–H and O–H groups in total. The number of hydrogen-bond acceptors (Lipinski definition) is 3. The van der Waals surface area contributed by atoms with Gasteiger partial charge in [0, 0.05) is 13.2 Å². The molecule has 1 fully saturated rings. The van der Waals surface area contributed by atoms with Crippen LogP contribution in [0.4, 0.5) is 0 Å². The molecule has 0 radical (unpaired) electrons. The molecule has 15 heavy (non-hydrogen) atoms. The highest BCUT2D eigenvalue weighted by Crippen LogP contribution is 2.14. The minimum Gasteiger partial charge on any atom is -0.390 e. The summed E-state index contributed by atoms with van der Waals surface area (Å²) in [6.45, 7) is 7.47. The minimum atomic E-state index is -0.591. The van der Waals surface area contributed by atoms with Crippen LogP contribution in [0.3, 0.4) is 0 Å². The highest BCUT2D eigenvalue weighted by Gasteiger charge is 2.14. The molecular formula is C12H25NO2. The van der Waals surface area contributed by atoms with Gasteiger partial charge in [0.25, 0.3) is 0 Å². The molecule has 0 amide bonds. The lowest BCUT2D eigenvalue weighted by Crippen LogP contribution is -2.30. The van der Waals surface area contributed by atoms with Gasteiger partial charge < -0.3 is 15.2 Å².